The number of nitrogens with two attached hydrogens (primary N) is 1. The molecule has 2 saturated heterocycles. The Morgan fingerprint density at radius 2 is 2.05 bits per heavy atom. The highest BCUT2D eigenvalue weighted by Gasteiger charge is 2.43. The van der Waals surface area contributed by atoms with Crippen molar-refractivity contribution in [2.75, 3.05) is 37.7 Å². The first-order chi connectivity index (χ1) is 10.2. The molecule has 1 spiro atoms. The van der Waals surface area contributed by atoms with E-state index in [1.807, 2.05) is 11.8 Å². The SMILES string of the molecule is CC1CCC2(CC1)OCC(CN=C(N)N1CCSCC1)O2. The number of nitrogens with zero attached hydrogens (tertiary/aromatic N) is 2. The maximum absolute atomic E-state index is 6.17. The normalized spacial score (nSPS) is 38.1. The van der Waals surface area contributed by atoms with Crippen LogP contribution in [0.3, 0.4) is 0 Å². The second-order valence-electron chi connectivity index (χ2n) is 6.44. The van der Waals surface area contributed by atoms with Crippen LogP contribution < -0.4 is 5.73 Å². The van der Waals surface area contributed by atoms with Crippen molar-refractivity contribution in [3.05, 3.63) is 0 Å². The van der Waals surface area contributed by atoms with Crippen LogP contribution in [0.15, 0.2) is 4.99 Å². The smallest absolute Gasteiger partial charge is 0.191 e. The lowest BCUT2D eigenvalue weighted by Crippen LogP contribution is -2.43. The number of ether oxygens (including phenoxy) is 2. The quantitative estimate of drug-likeness (QED) is 0.621. The molecule has 3 rings (SSSR count). The molecule has 2 aliphatic heterocycles. The van der Waals surface area contributed by atoms with Gasteiger partial charge in [0.15, 0.2) is 11.7 Å². The van der Waals surface area contributed by atoms with E-state index in [4.69, 9.17) is 15.2 Å². The van der Waals surface area contributed by atoms with E-state index in [2.05, 4.69) is 16.8 Å². The molecular weight excluding hydrogens is 286 g/mol. The average Bonchev–Trinajstić information content (AvgIpc) is 2.92. The molecule has 1 unspecified atom stereocenters. The van der Waals surface area contributed by atoms with Crippen LogP contribution in [0.1, 0.15) is 32.6 Å². The fourth-order valence-electron chi connectivity index (χ4n) is 3.26. The maximum Gasteiger partial charge on any atom is 0.191 e. The Morgan fingerprint density at radius 1 is 1.33 bits per heavy atom. The number of hydrogen-bond donors (Lipinski definition) is 1. The second-order valence-corrected chi connectivity index (χ2v) is 7.67. The lowest BCUT2D eigenvalue weighted by atomic mass is 9.86. The summed E-state index contributed by atoms with van der Waals surface area (Å²) >= 11 is 1.98. The zero-order valence-electron chi connectivity index (χ0n) is 12.9. The first-order valence-electron chi connectivity index (χ1n) is 8.11. The Bertz CT molecular complexity index is 377. The van der Waals surface area contributed by atoms with Gasteiger partial charge in [0.25, 0.3) is 0 Å². The molecule has 0 aromatic rings. The van der Waals surface area contributed by atoms with Crippen molar-refractivity contribution in [3.63, 3.8) is 0 Å². The second kappa shape index (κ2) is 6.75. The summed E-state index contributed by atoms with van der Waals surface area (Å²) < 4.78 is 12.1. The molecule has 0 aromatic heterocycles. The van der Waals surface area contributed by atoms with Gasteiger partial charge in [-0.05, 0) is 18.8 Å². The van der Waals surface area contributed by atoms with Crippen molar-refractivity contribution in [1.82, 2.24) is 4.90 Å². The molecular formula is C15H27N3O2S. The van der Waals surface area contributed by atoms with Crippen LogP contribution in [0.5, 0.6) is 0 Å². The van der Waals surface area contributed by atoms with Gasteiger partial charge in [-0.1, -0.05) is 6.92 Å². The summed E-state index contributed by atoms with van der Waals surface area (Å²) in [6.07, 6.45) is 4.50. The maximum atomic E-state index is 6.17. The summed E-state index contributed by atoms with van der Waals surface area (Å²) in [6.45, 7) is 5.59. The van der Waals surface area contributed by atoms with Crippen LogP contribution in [-0.2, 0) is 9.47 Å². The zero-order valence-corrected chi connectivity index (χ0v) is 13.7. The molecule has 0 aromatic carbocycles. The number of hydrogen-bond acceptors (Lipinski definition) is 4. The molecule has 0 bridgehead atoms. The molecule has 0 radical (unpaired) electrons. The summed E-state index contributed by atoms with van der Waals surface area (Å²) in [6, 6.07) is 0. The molecule has 21 heavy (non-hydrogen) atoms. The molecule has 6 heteroatoms. The van der Waals surface area contributed by atoms with Gasteiger partial charge in [0.2, 0.25) is 0 Å². The lowest BCUT2D eigenvalue weighted by molar-refractivity contribution is -0.190. The van der Waals surface area contributed by atoms with Gasteiger partial charge in [0.05, 0.1) is 13.2 Å². The molecule has 120 valence electrons. The summed E-state index contributed by atoms with van der Waals surface area (Å²) in [5.74, 6) is 3.43. The minimum atomic E-state index is -0.316. The van der Waals surface area contributed by atoms with Crippen molar-refractivity contribution in [2.24, 2.45) is 16.6 Å². The zero-order chi connectivity index (χ0) is 14.7. The van der Waals surface area contributed by atoms with E-state index in [1.165, 1.54) is 12.8 Å². The highest BCUT2D eigenvalue weighted by Crippen LogP contribution is 2.39. The van der Waals surface area contributed by atoms with Gasteiger partial charge in [0.1, 0.15) is 6.10 Å². The van der Waals surface area contributed by atoms with Crippen LogP contribution in [0, 0.1) is 5.92 Å². The lowest BCUT2D eigenvalue weighted by Gasteiger charge is -2.34. The Hall–Kier alpha value is -0.460. The Balaban J connectivity index is 1.48. The minimum Gasteiger partial charge on any atom is -0.370 e. The van der Waals surface area contributed by atoms with E-state index < -0.39 is 0 Å². The van der Waals surface area contributed by atoms with Crippen molar-refractivity contribution < 1.29 is 9.47 Å². The molecule has 0 amide bonds. The van der Waals surface area contributed by atoms with Crippen LogP contribution in [0.25, 0.3) is 0 Å². The van der Waals surface area contributed by atoms with Crippen LogP contribution in [-0.4, -0.2) is 60.5 Å². The topological polar surface area (TPSA) is 60.1 Å². The predicted octanol–water partition coefficient (Wildman–Crippen LogP) is 1.67. The van der Waals surface area contributed by atoms with Gasteiger partial charge < -0.3 is 20.1 Å². The van der Waals surface area contributed by atoms with Crippen LogP contribution in [0.2, 0.25) is 0 Å². The monoisotopic (exact) mass is 313 g/mol. The van der Waals surface area contributed by atoms with Gasteiger partial charge >= 0.3 is 0 Å². The molecule has 1 atom stereocenters. The van der Waals surface area contributed by atoms with E-state index in [-0.39, 0.29) is 11.9 Å². The van der Waals surface area contributed by atoms with Gasteiger partial charge in [-0.15, -0.1) is 0 Å². The highest BCUT2D eigenvalue weighted by molar-refractivity contribution is 7.99. The van der Waals surface area contributed by atoms with Gasteiger partial charge in [-0.2, -0.15) is 11.8 Å². The fourth-order valence-corrected chi connectivity index (χ4v) is 4.16. The van der Waals surface area contributed by atoms with Gasteiger partial charge in [-0.25, -0.2) is 0 Å². The molecule has 3 fully saturated rings. The number of aliphatic imine (C=N–C) groups is 1. The minimum absolute atomic E-state index is 0.0659. The standard InChI is InChI=1S/C15H27N3O2S/c1-12-2-4-15(5-3-12)19-11-13(20-15)10-17-14(16)18-6-8-21-9-7-18/h12-13H,2-11H2,1H3,(H2,16,17). The first kappa shape index (κ1) is 15.4. The van der Waals surface area contributed by atoms with E-state index in [1.54, 1.807) is 0 Å². The third kappa shape index (κ3) is 3.85. The van der Waals surface area contributed by atoms with Crippen LogP contribution >= 0.6 is 11.8 Å². The van der Waals surface area contributed by atoms with E-state index in [0.29, 0.717) is 19.1 Å². The summed E-state index contributed by atoms with van der Waals surface area (Å²) in [5.41, 5.74) is 6.08. The van der Waals surface area contributed by atoms with Gasteiger partial charge in [-0.3, -0.25) is 4.99 Å². The number of guanidine groups is 1. The summed E-state index contributed by atoms with van der Waals surface area (Å²) in [5, 5.41) is 0. The molecule has 1 saturated carbocycles. The summed E-state index contributed by atoms with van der Waals surface area (Å²) in [4.78, 5) is 6.70. The van der Waals surface area contributed by atoms with E-state index >= 15 is 0 Å². The van der Waals surface area contributed by atoms with Crippen LogP contribution in [0.4, 0.5) is 0 Å². The predicted molar refractivity (Wildman–Crippen MR) is 86.6 cm³/mol. The third-order valence-electron chi connectivity index (χ3n) is 4.74. The number of thioether (sulfide) groups is 1. The first-order valence-corrected chi connectivity index (χ1v) is 9.27. The molecule has 1 aliphatic carbocycles. The van der Waals surface area contributed by atoms with Crippen molar-refractivity contribution in [3.8, 4) is 0 Å². The molecule has 2 heterocycles. The van der Waals surface area contributed by atoms with E-state index in [0.717, 1.165) is 43.4 Å². The Kier molecular flexibility index (Phi) is 4.96. The average molecular weight is 313 g/mol. The van der Waals surface area contributed by atoms with Gasteiger partial charge in [0, 0.05) is 37.4 Å². The third-order valence-corrected chi connectivity index (χ3v) is 5.68. The van der Waals surface area contributed by atoms with Crippen molar-refractivity contribution in [2.45, 2.75) is 44.5 Å². The largest absolute Gasteiger partial charge is 0.370 e. The summed E-state index contributed by atoms with van der Waals surface area (Å²) in [7, 11) is 0. The Labute approximate surface area is 131 Å². The van der Waals surface area contributed by atoms with Crippen molar-refractivity contribution >= 4 is 17.7 Å². The van der Waals surface area contributed by atoms with E-state index in [9.17, 15) is 0 Å². The molecule has 2 N–H and O–H groups in total. The fraction of sp³-hybridized carbons (Fsp3) is 0.933. The van der Waals surface area contributed by atoms with Crippen molar-refractivity contribution in [1.29, 1.82) is 0 Å². The number of rotatable bonds is 2. The molecule has 3 aliphatic rings. The highest BCUT2D eigenvalue weighted by atomic mass is 32.2. The molecule has 5 nitrogen and oxygen atoms in total. The Morgan fingerprint density at radius 3 is 2.76 bits per heavy atom.